The minimum absolute atomic E-state index is 0.0205. The normalized spacial score (nSPS) is 10.6. The standard InChI is InChI=1S/C21H25NO3S.2C2H6/c1-4-17-5-8-19(22-14-17)11-12-25-20-9-6-18(7-10-20)13-21(15(2)23)26-16(3)24;2*1-2/h5-10,14,21H,4,11-13H2,1-3H3;2*1-2H3. The lowest BCUT2D eigenvalue weighted by molar-refractivity contribution is -0.117. The van der Waals surface area contributed by atoms with Gasteiger partial charge < -0.3 is 4.74 Å². The molecule has 0 bridgehead atoms. The summed E-state index contributed by atoms with van der Waals surface area (Å²) < 4.78 is 5.77. The van der Waals surface area contributed by atoms with Crippen LogP contribution in [0.25, 0.3) is 0 Å². The zero-order valence-electron chi connectivity index (χ0n) is 19.5. The average molecular weight is 432 g/mol. The molecule has 0 saturated carbocycles. The van der Waals surface area contributed by atoms with E-state index in [0.29, 0.717) is 13.0 Å². The molecular formula is C25H37NO3S. The van der Waals surface area contributed by atoms with E-state index in [1.54, 1.807) is 0 Å². The van der Waals surface area contributed by atoms with E-state index in [0.717, 1.165) is 41.6 Å². The Bertz CT molecular complexity index is 727. The lowest BCUT2D eigenvalue weighted by atomic mass is 10.1. The van der Waals surface area contributed by atoms with Gasteiger partial charge in [-0.2, -0.15) is 0 Å². The first kappa shape index (κ1) is 27.9. The Morgan fingerprint density at radius 3 is 2.03 bits per heavy atom. The number of carbonyl (C=O) groups is 2. The van der Waals surface area contributed by atoms with Gasteiger partial charge in [-0.1, -0.05) is 64.6 Å². The van der Waals surface area contributed by atoms with Crippen molar-refractivity contribution < 1.29 is 14.3 Å². The van der Waals surface area contributed by atoms with E-state index >= 15 is 0 Å². The van der Waals surface area contributed by atoms with Crippen molar-refractivity contribution in [2.24, 2.45) is 0 Å². The number of benzene rings is 1. The van der Waals surface area contributed by atoms with Gasteiger partial charge in [-0.25, -0.2) is 0 Å². The van der Waals surface area contributed by atoms with Crippen LogP contribution in [0.15, 0.2) is 42.6 Å². The van der Waals surface area contributed by atoms with E-state index in [2.05, 4.69) is 18.0 Å². The monoisotopic (exact) mass is 431 g/mol. The first-order chi connectivity index (χ1) is 14.5. The number of hydrogen-bond acceptors (Lipinski definition) is 5. The number of carbonyl (C=O) groups excluding carboxylic acids is 2. The van der Waals surface area contributed by atoms with E-state index in [9.17, 15) is 9.59 Å². The van der Waals surface area contributed by atoms with Gasteiger partial charge in [0.25, 0.3) is 0 Å². The highest BCUT2D eigenvalue weighted by Gasteiger charge is 2.17. The molecule has 30 heavy (non-hydrogen) atoms. The van der Waals surface area contributed by atoms with E-state index in [4.69, 9.17) is 4.74 Å². The fourth-order valence-electron chi connectivity index (χ4n) is 2.49. The van der Waals surface area contributed by atoms with Crippen molar-refractivity contribution in [2.75, 3.05) is 6.61 Å². The van der Waals surface area contributed by atoms with Crippen LogP contribution in [0.3, 0.4) is 0 Å². The van der Waals surface area contributed by atoms with Gasteiger partial charge in [-0.05, 0) is 49.1 Å². The Balaban J connectivity index is 0.00000198. The van der Waals surface area contributed by atoms with Gasteiger partial charge in [0.15, 0.2) is 5.12 Å². The van der Waals surface area contributed by atoms with E-state index < -0.39 is 0 Å². The molecule has 1 atom stereocenters. The van der Waals surface area contributed by atoms with Crippen LogP contribution in [0.2, 0.25) is 0 Å². The van der Waals surface area contributed by atoms with E-state index in [1.165, 1.54) is 19.4 Å². The van der Waals surface area contributed by atoms with Gasteiger partial charge in [0.05, 0.1) is 11.9 Å². The Hall–Kier alpha value is -2.14. The van der Waals surface area contributed by atoms with Crippen LogP contribution in [0.1, 0.15) is 65.3 Å². The molecule has 1 aromatic heterocycles. The molecule has 0 aliphatic heterocycles. The van der Waals surface area contributed by atoms with E-state index in [-0.39, 0.29) is 16.1 Å². The Morgan fingerprint density at radius 1 is 0.967 bits per heavy atom. The predicted octanol–water partition coefficient (Wildman–Crippen LogP) is 6.10. The van der Waals surface area contributed by atoms with Crippen molar-refractivity contribution >= 4 is 22.7 Å². The zero-order chi connectivity index (χ0) is 22.9. The molecular weight excluding hydrogens is 394 g/mol. The minimum Gasteiger partial charge on any atom is -0.493 e. The molecule has 166 valence electrons. The number of ketones is 1. The molecule has 0 aliphatic carbocycles. The Labute approximate surface area is 186 Å². The maximum atomic E-state index is 11.7. The van der Waals surface area contributed by atoms with Crippen LogP contribution in [0, 0.1) is 0 Å². The molecule has 0 N–H and O–H groups in total. The largest absolute Gasteiger partial charge is 0.493 e. The van der Waals surface area contributed by atoms with E-state index in [1.807, 2.05) is 64.2 Å². The molecule has 0 amide bonds. The number of rotatable bonds is 9. The predicted molar refractivity (Wildman–Crippen MR) is 128 cm³/mol. The summed E-state index contributed by atoms with van der Waals surface area (Å²) in [5, 5.41) is -0.359. The first-order valence-corrected chi connectivity index (χ1v) is 11.7. The number of nitrogens with zero attached hydrogens (tertiary/aromatic N) is 1. The van der Waals surface area contributed by atoms with Crippen LogP contribution >= 0.6 is 11.8 Å². The lowest BCUT2D eigenvalue weighted by Gasteiger charge is -2.12. The number of ether oxygens (including phenoxy) is 1. The van der Waals surface area contributed by atoms with Gasteiger partial charge in [-0.3, -0.25) is 14.6 Å². The summed E-state index contributed by atoms with van der Waals surface area (Å²) >= 11 is 1.09. The summed E-state index contributed by atoms with van der Waals surface area (Å²) in [5.74, 6) is 0.810. The van der Waals surface area contributed by atoms with Crippen LogP contribution in [0.4, 0.5) is 0 Å². The van der Waals surface area contributed by atoms with Crippen molar-refractivity contribution in [1.82, 2.24) is 4.98 Å². The van der Waals surface area contributed by atoms with Crippen LogP contribution in [-0.2, 0) is 28.9 Å². The first-order valence-electron chi connectivity index (χ1n) is 10.8. The van der Waals surface area contributed by atoms with Crippen molar-refractivity contribution in [3.63, 3.8) is 0 Å². The number of Topliss-reactive ketones (excluding diaryl/α,β-unsaturated/α-hetero) is 1. The summed E-state index contributed by atoms with van der Waals surface area (Å²) in [6.07, 6.45) is 4.21. The number of hydrogen-bond donors (Lipinski definition) is 0. The second-order valence-electron chi connectivity index (χ2n) is 6.17. The molecule has 1 aromatic carbocycles. The minimum atomic E-state index is -0.323. The zero-order valence-corrected chi connectivity index (χ0v) is 20.3. The number of thioether (sulfide) groups is 1. The molecule has 2 aromatic rings. The molecule has 1 unspecified atom stereocenters. The highest BCUT2D eigenvalue weighted by Crippen LogP contribution is 2.20. The fraction of sp³-hybridized carbons (Fsp3) is 0.480. The van der Waals surface area contributed by atoms with Crippen LogP contribution in [0.5, 0.6) is 5.75 Å². The molecule has 4 nitrogen and oxygen atoms in total. The third-order valence-corrected chi connectivity index (χ3v) is 5.14. The third-order valence-electron chi connectivity index (χ3n) is 4.03. The molecule has 0 spiro atoms. The van der Waals surface area contributed by atoms with Crippen LogP contribution < -0.4 is 4.74 Å². The second-order valence-corrected chi connectivity index (χ2v) is 7.55. The Kier molecular flexibility index (Phi) is 15.4. The number of aromatic nitrogens is 1. The molecule has 0 saturated heterocycles. The lowest BCUT2D eigenvalue weighted by Crippen LogP contribution is -2.18. The quantitative estimate of drug-likeness (QED) is 0.480. The van der Waals surface area contributed by atoms with Gasteiger partial charge in [0.2, 0.25) is 0 Å². The maximum Gasteiger partial charge on any atom is 0.186 e. The number of pyridine rings is 1. The van der Waals surface area contributed by atoms with Crippen molar-refractivity contribution in [3.8, 4) is 5.75 Å². The summed E-state index contributed by atoms with van der Waals surface area (Å²) in [6, 6.07) is 11.8. The van der Waals surface area contributed by atoms with Gasteiger partial charge in [0.1, 0.15) is 11.5 Å². The highest BCUT2D eigenvalue weighted by molar-refractivity contribution is 8.14. The molecule has 1 heterocycles. The topological polar surface area (TPSA) is 56.3 Å². The summed E-state index contributed by atoms with van der Waals surface area (Å²) in [5.41, 5.74) is 3.27. The molecule has 2 rings (SSSR count). The average Bonchev–Trinajstić information content (AvgIpc) is 2.77. The van der Waals surface area contributed by atoms with Gasteiger partial charge >= 0.3 is 0 Å². The second kappa shape index (κ2) is 16.6. The summed E-state index contributed by atoms with van der Waals surface area (Å²) in [6.45, 7) is 13.7. The Morgan fingerprint density at radius 2 is 1.57 bits per heavy atom. The van der Waals surface area contributed by atoms with Gasteiger partial charge in [0, 0.05) is 25.2 Å². The molecule has 5 heteroatoms. The van der Waals surface area contributed by atoms with Gasteiger partial charge in [-0.15, -0.1) is 0 Å². The summed E-state index contributed by atoms with van der Waals surface area (Å²) in [4.78, 5) is 27.3. The summed E-state index contributed by atoms with van der Waals surface area (Å²) in [7, 11) is 0. The maximum absolute atomic E-state index is 11.7. The molecule has 0 radical (unpaired) electrons. The van der Waals surface area contributed by atoms with Crippen LogP contribution in [-0.4, -0.2) is 27.7 Å². The van der Waals surface area contributed by atoms with Crippen molar-refractivity contribution in [1.29, 1.82) is 0 Å². The highest BCUT2D eigenvalue weighted by atomic mass is 32.2. The molecule has 0 aliphatic rings. The third kappa shape index (κ3) is 11.1. The number of aryl methyl sites for hydroxylation is 1. The molecule has 0 fully saturated rings. The smallest absolute Gasteiger partial charge is 0.186 e. The van der Waals surface area contributed by atoms with Crippen molar-refractivity contribution in [3.05, 3.63) is 59.4 Å². The van der Waals surface area contributed by atoms with Crippen molar-refractivity contribution in [2.45, 2.75) is 73.0 Å². The fourth-order valence-corrected chi connectivity index (χ4v) is 3.33. The SMILES string of the molecule is CC.CC.CCc1ccc(CCOc2ccc(CC(SC(C)=O)C(C)=O)cc2)nc1.